The van der Waals surface area contributed by atoms with Crippen LogP contribution < -0.4 is 11.1 Å². The standard InChI is InChI=1S/C21H19ClFN5O3S/c22-12-3-1-2-10(17(12)23)8-25-21(31)15-7-11-6-14(11)28(15)16(29)9-27-13-4-5-32-19(13)18(26-27)20(24)30/h1-5,11,14-15H,6-9H2,(H2,24,30)(H,25,31)/t11-,14?,15+/m1/s1. The van der Waals surface area contributed by atoms with Gasteiger partial charge in [-0.05, 0) is 36.3 Å². The van der Waals surface area contributed by atoms with Gasteiger partial charge in [-0.3, -0.25) is 19.1 Å². The third-order valence-corrected chi connectivity index (χ3v) is 7.26. The Balaban J connectivity index is 1.31. The first-order chi connectivity index (χ1) is 15.3. The molecule has 1 saturated carbocycles. The monoisotopic (exact) mass is 475 g/mol. The Morgan fingerprint density at radius 3 is 2.88 bits per heavy atom. The number of primary amides is 1. The van der Waals surface area contributed by atoms with Crippen molar-refractivity contribution in [3.8, 4) is 0 Å². The van der Waals surface area contributed by atoms with Crippen LogP contribution in [0.15, 0.2) is 29.6 Å². The number of halogens is 2. The number of nitrogens with one attached hydrogen (secondary N) is 1. The maximum Gasteiger partial charge on any atom is 0.270 e. The second-order valence-electron chi connectivity index (χ2n) is 8.05. The molecule has 1 aliphatic heterocycles. The fraction of sp³-hybridized carbons (Fsp3) is 0.333. The molecule has 32 heavy (non-hydrogen) atoms. The summed E-state index contributed by atoms with van der Waals surface area (Å²) in [5.41, 5.74) is 6.47. The predicted molar refractivity (Wildman–Crippen MR) is 117 cm³/mol. The Bertz CT molecular complexity index is 1260. The molecule has 11 heteroatoms. The molecule has 5 rings (SSSR count). The molecular formula is C21H19ClFN5O3S. The lowest BCUT2D eigenvalue weighted by Gasteiger charge is -2.27. The molecule has 3 heterocycles. The average Bonchev–Trinajstić information content (AvgIpc) is 3.10. The first-order valence-corrected chi connectivity index (χ1v) is 11.4. The molecule has 2 aromatic heterocycles. The molecule has 3 amide bonds. The van der Waals surface area contributed by atoms with E-state index in [0.717, 1.165) is 6.42 Å². The molecule has 1 aromatic carbocycles. The van der Waals surface area contributed by atoms with Crippen molar-refractivity contribution in [3.05, 3.63) is 51.7 Å². The second-order valence-corrected chi connectivity index (χ2v) is 9.38. The van der Waals surface area contributed by atoms with Gasteiger partial charge in [0.05, 0.1) is 15.2 Å². The number of carbonyl (C=O) groups is 3. The van der Waals surface area contributed by atoms with Gasteiger partial charge in [0.25, 0.3) is 5.91 Å². The fourth-order valence-corrected chi connectivity index (χ4v) is 5.50. The Labute approximate surface area is 191 Å². The summed E-state index contributed by atoms with van der Waals surface area (Å²) < 4.78 is 16.2. The van der Waals surface area contributed by atoms with Gasteiger partial charge in [0, 0.05) is 18.2 Å². The van der Waals surface area contributed by atoms with Crippen LogP contribution in [0.4, 0.5) is 4.39 Å². The average molecular weight is 476 g/mol. The van der Waals surface area contributed by atoms with Crippen molar-refractivity contribution in [1.29, 1.82) is 0 Å². The van der Waals surface area contributed by atoms with Gasteiger partial charge in [0.15, 0.2) is 5.69 Å². The van der Waals surface area contributed by atoms with Crippen molar-refractivity contribution < 1.29 is 18.8 Å². The number of thiophene rings is 1. The largest absolute Gasteiger partial charge is 0.364 e. The maximum absolute atomic E-state index is 14.1. The highest BCUT2D eigenvalue weighted by molar-refractivity contribution is 7.17. The molecule has 166 valence electrons. The maximum atomic E-state index is 14.1. The van der Waals surface area contributed by atoms with Gasteiger partial charge in [-0.15, -0.1) is 11.3 Å². The Hall–Kier alpha value is -2.98. The highest BCUT2D eigenvalue weighted by atomic mass is 35.5. The van der Waals surface area contributed by atoms with Crippen LogP contribution >= 0.6 is 22.9 Å². The van der Waals surface area contributed by atoms with Crippen LogP contribution in [0.25, 0.3) is 10.2 Å². The first-order valence-electron chi connectivity index (χ1n) is 10.1. The number of piperidine rings is 1. The van der Waals surface area contributed by atoms with Crippen LogP contribution in [0, 0.1) is 11.7 Å². The summed E-state index contributed by atoms with van der Waals surface area (Å²) in [7, 11) is 0. The lowest BCUT2D eigenvalue weighted by Crippen LogP contribution is -2.48. The highest BCUT2D eigenvalue weighted by Gasteiger charge is 2.56. The molecule has 3 atom stereocenters. The molecule has 8 nitrogen and oxygen atoms in total. The molecule has 3 aromatic rings. The zero-order valence-corrected chi connectivity index (χ0v) is 18.3. The summed E-state index contributed by atoms with van der Waals surface area (Å²) in [6, 6.07) is 5.78. The van der Waals surface area contributed by atoms with Crippen molar-refractivity contribution in [2.75, 3.05) is 0 Å². The van der Waals surface area contributed by atoms with E-state index in [1.165, 1.54) is 22.1 Å². The minimum Gasteiger partial charge on any atom is -0.364 e. The number of amides is 3. The number of aromatic nitrogens is 2. The van der Waals surface area contributed by atoms with E-state index in [4.69, 9.17) is 17.3 Å². The Kier molecular flexibility index (Phi) is 5.13. The number of nitrogens with zero attached hydrogens (tertiary/aromatic N) is 3. The zero-order valence-electron chi connectivity index (χ0n) is 16.8. The molecule has 2 aliphatic rings. The van der Waals surface area contributed by atoms with Gasteiger partial charge in [-0.2, -0.15) is 5.10 Å². The third-order valence-electron chi connectivity index (χ3n) is 6.06. The van der Waals surface area contributed by atoms with Crippen molar-refractivity contribution in [2.45, 2.75) is 38.0 Å². The van der Waals surface area contributed by atoms with Gasteiger partial charge in [-0.25, -0.2) is 4.39 Å². The fourth-order valence-electron chi connectivity index (χ4n) is 4.43. The van der Waals surface area contributed by atoms with Crippen molar-refractivity contribution in [2.24, 2.45) is 11.7 Å². The molecule has 2 fully saturated rings. The lowest BCUT2D eigenvalue weighted by molar-refractivity contribution is -0.140. The van der Waals surface area contributed by atoms with Gasteiger partial charge >= 0.3 is 0 Å². The number of rotatable bonds is 6. The van der Waals surface area contributed by atoms with Crippen LogP contribution in [-0.4, -0.2) is 44.5 Å². The third kappa shape index (κ3) is 3.53. The summed E-state index contributed by atoms with van der Waals surface area (Å²) in [5, 5.41) is 8.74. The molecule has 1 saturated heterocycles. The van der Waals surface area contributed by atoms with Gasteiger partial charge in [0.1, 0.15) is 18.4 Å². The number of nitrogens with two attached hydrogens (primary N) is 1. The smallest absolute Gasteiger partial charge is 0.270 e. The summed E-state index contributed by atoms with van der Waals surface area (Å²) in [6.45, 7) is -0.119. The minimum atomic E-state index is -0.655. The van der Waals surface area contributed by atoms with Crippen molar-refractivity contribution >= 4 is 50.9 Å². The van der Waals surface area contributed by atoms with Gasteiger partial charge in [0.2, 0.25) is 11.8 Å². The molecular weight excluding hydrogens is 457 g/mol. The summed E-state index contributed by atoms with van der Waals surface area (Å²) in [4.78, 5) is 39.3. The molecule has 1 unspecified atom stereocenters. The molecule has 0 spiro atoms. The molecule has 1 aliphatic carbocycles. The number of hydrogen-bond donors (Lipinski definition) is 2. The van der Waals surface area contributed by atoms with Crippen LogP contribution in [0.2, 0.25) is 5.02 Å². The van der Waals surface area contributed by atoms with E-state index in [-0.39, 0.29) is 53.1 Å². The molecule has 3 N–H and O–H groups in total. The van der Waals surface area contributed by atoms with Crippen molar-refractivity contribution in [1.82, 2.24) is 20.0 Å². The Morgan fingerprint density at radius 2 is 2.09 bits per heavy atom. The normalized spacial score (nSPS) is 21.6. The van der Waals surface area contributed by atoms with Crippen LogP contribution in [0.5, 0.6) is 0 Å². The number of carbonyl (C=O) groups excluding carboxylic acids is 3. The van der Waals surface area contributed by atoms with E-state index >= 15 is 0 Å². The first kappa shape index (κ1) is 20.9. The molecule has 0 radical (unpaired) electrons. The number of benzene rings is 1. The summed E-state index contributed by atoms with van der Waals surface area (Å²) >= 11 is 7.13. The summed E-state index contributed by atoms with van der Waals surface area (Å²) in [5.74, 6) is -1.52. The second kappa shape index (κ2) is 7.86. The van der Waals surface area contributed by atoms with E-state index in [1.54, 1.807) is 28.5 Å². The van der Waals surface area contributed by atoms with Crippen molar-refractivity contribution in [3.63, 3.8) is 0 Å². The van der Waals surface area contributed by atoms with E-state index < -0.39 is 17.8 Å². The Morgan fingerprint density at radius 1 is 1.28 bits per heavy atom. The summed E-state index contributed by atoms with van der Waals surface area (Å²) in [6.07, 6.45) is 1.43. The zero-order chi connectivity index (χ0) is 22.6. The van der Waals surface area contributed by atoms with E-state index in [9.17, 15) is 18.8 Å². The van der Waals surface area contributed by atoms with E-state index in [0.29, 0.717) is 16.6 Å². The minimum absolute atomic E-state index is 0.00929. The van der Waals surface area contributed by atoms with Gasteiger partial charge < -0.3 is 16.0 Å². The van der Waals surface area contributed by atoms with Crippen LogP contribution in [-0.2, 0) is 22.7 Å². The van der Waals surface area contributed by atoms with Gasteiger partial charge in [-0.1, -0.05) is 23.7 Å². The van der Waals surface area contributed by atoms with E-state index in [2.05, 4.69) is 10.4 Å². The number of likely N-dealkylation sites (tertiary alicyclic amines) is 1. The van der Waals surface area contributed by atoms with Crippen LogP contribution in [0.1, 0.15) is 28.9 Å². The number of hydrogen-bond acceptors (Lipinski definition) is 5. The lowest BCUT2D eigenvalue weighted by atomic mass is 10.1. The highest BCUT2D eigenvalue weighted by Crippen LogP contribution is 2.48. The molecule has 0 bridgehead atoms. The topological polar surface area (TPSA) is 110 Å². The number of fused-ring (bicyclic) bond motifs is 2. The van der Waals surface area contributed by atoms with Crippen LogP contribution in [0.3, 0.4) is 0 Å². The predicted octanol–water partition coefficient (Wildman–Crippen LogP) is 2.29. The SMILES string of the molecule is NC(=O)c1nn(CC(=O)N2C3C[C@@H]3C[C@H]2C(=O)NCc2cccc(Cl)c2F)c2ccsc12. The quantitative estimate of drug-likeness (QED) is 0.569. The van der Waals surface area contributed by atoms with E-state index in [1.807, 2.05) is 0 Å².